The molecule has 1 aromatic heterocycles. The van der Waals surface area contributed by atoms with Crippen molar-refractivity contribution in [1.29, 1.82) is 0 Å². The SMILES string of the molecule is Cc1cc(NC(=O)c2ncccc2O)ccc1C(=O)O. The van der Waals surface area contributed by atoms with Crippen LogP contribution in [0.5, 0.6) is 5.75 Å². The lowest BCUT2D eigenvalue weighted by Gasteiger charge is -2.08. The molecule has 6 heteroatoms. The van der Waals surface area contributed by atoms with Gasteiger partial charge in [0, 0.05) is 11.9 Å². The maximum atomic E-state index is 11.9. The molecular formula is C14H12N2O4. The minimum Gasteiger partial charge on any atom is -0.505 e. The summed E-state index contributed by atoms with van der Waals surface area (Å²) >= 11 is 0. The first-order valence-corrected chi connectivity index (χ1v) is 5.78. The molecule has 0 atom stereocenters. The Balaban J connectivity index is 2.23. The fourth-order valence-electron chi connectivity index (χ4n) is 1.74. The van der Waals surface area contributed by atoms with Crippen LogP contribution in [0.1, 0.15) is 26.4 Å². The number of anilines is 1. The Bertz CT molecular complexity index is 683. The number of carboxylic acid groups (broad SMARTS) is 1. The molecule has 1 aromatic carbocycles. The quantitative estimate of drug-likeness (QED) is 0.794. The van der Waals surface area contributed by atoms with Crippen LogP contribution in [0.15, 0.2) is 36.5 Å². The van der Waals surface area contributed by atoms with Crippen LogP contribution in [0.2, 0.25) is 0 Å². The van der Waals surface area contributed by atoms with Crippen LogP contribution in [0, 0.1) is 6.92 Å². The van der Waals surface area contributed by atoms with E-state index in [0.717, 1.165) is 0 Å². The molecule has 1 heterocycles. The lowest BCUT2D eigenvalue weighted by Crippen LogP contribution is -2.14. The first-order chi connectivity index (χ1) is 9.49. The molecule has 102 valence electrons. The van der Waals surface area contributed by atoms with E-state index < -0.39 is 11.9 Å². The van der Waals surface area contributed by atoms with Crippen molar-refractivity contribution in [2.45, 2.75) is 6.92 Å². The third kappa shape index (κ3) is 2.74. The van der Waals surface area contributed by atoms with Crippen molar-refractivity contribution in [2.24, 2.45) is 0 Å². The molecule has 2 aromatic rings. The highest BCUT2D eigenvalue weighted by atomic mass is 16.4. The molecule has 6 nitrogen and oxygen atoms in total. The largest absolute Gasteiger partial charge is 0.505 e. The van der Waals surface area contributed by atoms with Crippen LogP contribution in [0.4, 0.5) is 5.69 Å². The van der Waals surface area contributed by atoms with Crippen LogP contribution in [-0.2, 0) is 0 Å². The molecule has 0 saturated carbocycles. The molecule has 0 saturated heterocycles. The average molecular weight is 272 g/mol. The average Bonchev–Trinajstić information content (AvgIpc) is 2.38. The highest BCUT2D eigenvalue weighted by molar-refractivity contribution is 6.04. The van der Waals surface area contributed by atoms with Crippen molar-refractivity contribution in [1.82, 2.24) is 4.98 Å². The molecule has 0 spiro atoms. The molecule has 0 radical (unpaired) electrons. The number of carbonyl (C=O) groups is 2. The van der Waals surface area contributed by atoms with Gasteiger partial charge in [0.2, 0.25) is 0 Å². The summed E-state index contributed by atoms with van der Waals surface area (Å²) < 4.78 is 0. The second kappa shape index (κ2) is 5.40. The minimum absolute atomic E-state index is 0.0903. The second-order valence-corrected chi connectivity index (χ2v) is 4.16. The van der Waals surface area contributed by atoms with Gasteiger partial charge in [0.05, 0.1) is 5.56 Å². The van der Waals surface area contributed by atoms with Gasteiger partial charge >= 0.3 is 5.97 Å². The van der Waals surface area contributed by atoms with Crippen molar-refractivity contribution in [2.75, 3.05) is 5.32 Å². The third-order valence-corrected chi connectivity index (χ3v) is 2.72. The molecule has 3 N–H and O–H groups in total. The van der Waals surface area contributed by atoms with Crippen LogP contribution < -0.4 is 5.32 Å². The van der Waals surface area contributed by atoms with Gasteiger partial charge in [0.25, 0.3) is 5.91 Å². The number of pyridine rings is 1. The summed E-state index contributed by atoms with van der Waals surface area (Å²) in [6.07, 6.45) is 1.40. The van der Waals surface area contributed by atoms with Crippen molar-refractivity contribution in [3.05, 3.63) is 53.3 Å². The minimum atomic E-state index is -1.03. The van der Waals surface area contributed by atoms with E-state index >= 15 is 0 Å². The predicted molar refractivity (Wildman–Crippen MR) is 72.0 cm³/mol. The van der Waals surface area contributed by atoms with Gasteiger partial charge in [0.1, 0.15) is 5.75 Å². The van der Waals surface area contributed by atoms with E-state index in [0.29, 0.717) is 11.3 Å². The van der Waals surface area contributed by atoms with Crippen molar-refractivity contribution < 1.29 is 19.8 Å². The Morgan fingerprint density at radius 3 is 2.60 bits per heavy atom. The number of benzene rings is 1. The third-order valence-electron chi connectivity index (χ3n) is 2.72. The number of hydrogen-bond donors (Lipinski definition) is 3. The molecule has 0 fully saturated rings. The Kier molecular flexibility index (Phi) is 3.65. The van der Waals surface area contributed by atoms with Gasteiger partial charge in [-0.25, -0.2) is 9.78 Å². The molecule has 0 bridgehead atoms. The Labute approximate surface area is 114 Å². The fraction of sp³-hybridized carbons (Fsp3) is 0.0714. The van der Waals surface area contributed by atoms with E-state index in [1.165, 1.54) is 30.5 Å². The lowest BCUT2D eigenvalue weighted by molar-refractivity contribution is 0.0696. The molecule has 2 rings (SSSR count). The van der Waals surface area contributed by atoms with Crippen LogP contribution in [0.25, 0.3) is 0 Å². The normalized spacial score (nSPS) is 10.1. The van der Waals surface area contributed by atoms with Gasteiger partial charge in [0.15, 0.2) is 5.69 Å². The van der Waals surface area contributed by atoms with Crippen LogP contribution in [0.3, 0.4) is 0 Å². The van der Waals surface area contributed by atoms with E-state index in [9.17, 15) is 14.7 Å². The van der Waals surface area contributed by atoms with E-state index in [4.69, 9.17) is 5.11 Å². The van der Waals surface area contributed by atoms with E-state index in [2.05, 4.69) is 10.3 Å². The summed E-state index contributed by atoms with van der Waals surface area (Å²) in [6, 6.07) is 7.31. The van der Waals surface area contributed by atoms with E-state index in [-0.39, 0.29) is 17.0 Å². The lowest BCUT2D eigenvalue weighted by atomic mass is 10.1. The maximum Gasteiger partial charge on any atom is 0.335 e. The zero-order chi connectivity index (χ0) is 14.7. The number of hydrogen-bond acceptors (Lipinski definition) is 4. The number of amides is 1. The predicted octanol–water partition coefficient (Wildman–Crippen LogP) is 2.05. The smallest absolute Gasteiger partial charge is 0.335 e. The number of carboxylic acids is 1. The van der Waals surface area contributed by atoms with Crippen LogP contribution in [-0.4, -0.2) is 27.1 Å². The number of nitrogens with one attached hydrogen (secondary N) is 1. The zero-order valence-corrected chi connectivity index (χ0v) is 10.6. The van der Waals surface area contributed by atoms with Gasteiger partial charge in [-0.15, -0.1) is 0 Å². The summed E-state index contributed by atoms with van der Waals surface area (Å²) in [7, 11) is 0. The number of aromatic hydroxyl groups is 1. The summed E-state index contributed by atoms with van der Waals surface area (Å²) in [6.45, 7) is 1.64. The Morgan fingerprint density at radius 1 is 1.25 bits per heavy atom. The van der Waals surface area contributed by atoms with Crippen molar-refractivity contribution in [3.63, 3.8) is 0 Å². The number of rotatable bonds is 3. The molecular weight excluding hydrogens is 260 g/mol. The molecule has 0 aliphatic rings. The first kappa shape index (κ1) is 13.5. The van der Waals surface area contributed by atoms with Gasteiger partial charge in [-0.1, -0.05) is 0 Å². The van der Waals surface area contributed by atoms with Crippen LogP contribution >= 0.6 is 0 Å². The summed E-state index contributed by atoms with van der Waals surface area (Å²) in [5.41, 5.74) is 1.04. The van der Waals surface area contributed by atoms with E-state index in [1.54, 1.807) is 13.0 Å². The van der Waals surface area contributed by atoms with E-state index in [1.807, 2.05) is 0 Å². The molecule has 1 amide bonds. The zero-order valence-electron chi connectivity index (χ0n) is 10.6. The Hall–Kier alpha value is -2.89. The van der Waals surface area contributed by atoms with Gasteiger partial charge in [-0.2, -0.15) is 0 Å². The monoisotopic (exact) mass is 272 g/mol. The topological polar surface area (TPSA) is 99.5 Å². The fourth-order valence-corrected chi connectivity index (χ4v) is 1.74. The number of aromatic nitrogens is 1. The second-order valence-electron chi connectivity index (χ2n) is 4.16. The van der Waals surface area contributed by atoms with Gasteiger partial charge in [-0.05, 0) is 42.8 Å². The molecule has 0 aliphatic carbocycles. The summed E-state index contributed by atoms with van der Waals surface area (Å²) in [5.74, 6) is -1.81. The molecule has 20 heavy (non-hydrogen) atoms. The van der Waals surface area contributed by atoms with Gasteiger partial charge < -0.3 is 15.5 Å². The number of carbonyl (C=O) groups excluding carboxylic acids is 1. The highest BCUT2D eigenvalue weighted by Crippen LogP contribution is 2.18. The Morgan fingerprint density at radius 2 is 2.00 bits per heavy atom. The standard InChI is InChI=1S/C14H12N2O4/c1-8-7-9(4-5-10(8)14(19)20)16-13(18)12-11(17)3-2-6-15-12/h2-7,17H,1H3,(H,16,18)(H,19,20). The number of aromatic carboxylic acids is 1. The van der Waals surface area contributed by atoms with Crippen molar-refractivity contribution in [3.8, 4) is 5.75 Å². The molecule has 0 aliphatic heterocycles. The first-order valence-electron chi connectivity index (χ1n) is 5.78. The maximum absolute atomic E-state index is 11.9. The highest BCUT2D eigenvalue weighted by Gasteiger charge is 2.13. The molecule has 0 unspecified atom stereocenters. The summed E-state index contributed by atoms with van der Waals surface area (Å²) in [5, 5.41) is 21.0. The number of nitrogens with zero attached hydrogens (tertiary/aromatic N) is 1. The van der Waals surface area contributed by atoms with Crippen molar-refractivity contribution >= 4 is 17.6 Å². The summed E-state index contributed by atoms with van der Waals surface area (Å²) in [4.78, 5) is 26.6. The number of aryl methyl sites for hydroxylation is 1. The van der Waals surface area contributed by atoms with Gasteiger partial charge in [-0.3, -0.25) is 4.79 Å².